The molecule has 2 N–H and O–H groups in total. The van der Waals surface area contributed by atoms with E-state index in [2.05, 4.69) is 15.3 Å². The zero-order valence-electron chi connectivity index (χ0n) is 10.7. The number of aliphatic hydroxyl groups is 1. The van der Waals surface area contributed by atoms with Crippen molar-refractivity contribution in [2.75, 3.05) is 0 Å². The molecule has 7 nitrogen and oxygen atoms in total. The third kappa shape index (κ3) is 1.38. The minimum Gasteiger partial charge on any atom is -0.504 e. The van der Waals surface area contributed by atoms with Crippen molar-refractivity contribution in [3.05, 3.63) is 22.9 Å². The summed E-state index contributed by atoms with van der Waals surface area (Å²) in [5.41, 5.74) is 0.540. The monoisotopic (exact) mass is 260 g/mol. The predicted molar refractivity (Wildman–Crippen MR) is 66.6 cm³/mol. The van der Waals surface area contributed by atoms with E-state index in [-0.39, 0.29) is 17.2 Å². The van der Waals surface area contributed by atoms with Gasteiger partial charge in [0.2, 0.25) is 11.7 Å². The molecule has 19 heavy (non-hydrogen) atoms. The summed E-state index contributed by atoms with van der Waals surface area (Å²) in [6.45, 7) is 3.32. The third-order valence-electron chi connectivity index (χ3n) is 3.41. The van der Waals surface area contributed by atoms with Crippen LogP contribution in [0.25, 0.3) is 5.76 Å². The number of ketones is 1. The van der Waals surface area contributed by atoms with Gasteiger partial charge in [-0.1, -0.05) is 0 Å². The zero-order chi connectivity index (χ0) is 13.9. The number of aliphatic hydroxyl groups excluding tert-OH is 1. The van der Waals surface area contributed by atoms with Crippen molar-refractivity contribution in [2.45, 2.75) is 13.8 Å². The molecule has 0 saturated carbocycles. The quantitative estimate of drug-likeness (QED) is 0.656. The van der Waals surface area contributed by atoms with Gasteiger partial charge in [0.1, 0.15) is 34.7 Å². The van der Waals surface area contributed by atoms with Gasteiger partial charge in [-0.2, -0.15) is 0 Å². The van der Waals surface area contributed by atoms with Gasteiger partial charge in [-0.25, -0.2) is 9.98 Å². The molecule has 0 aromatic carbocycles. The van der Waals surface area contributed by atoms with Crippen LogP contribution >= 0.6 is 0 Å². The highest BCUT2D eigenvalue weighted by Gasteiger charge is 2.44. The Bertz CT molecular complexity index is 696. The number of nitrogens with one attached hydrogen (secondary N) is 1. The lowest BCUT2D eigenvalue weighted by Crippen LogP contribution is -2.44. The molecule has 0 bridgehead atoms. The van der Waals surface area contributed by atoms with Crippen molar-refractivity contribution in [3.8, 4) is 0 Å². The Morgan fingerprint density at radius 1 is 1.32 bits per heavy atom. The van der Waals surface area contributed by atoms with Crippen LogP contribution in [0.15, 0.2) is 10.7 Å². The first-order chi connectivity index (χ1) is 8.91. The van der Waals surface area contributed by atoms with E-state index in [1.165, 1.54) is 0 Å². The number of carbonyl (C=O) groups excluding carboxylic acids is 2. The van der Waals surface area contributed by atoms with Crippen molar-refractivity contribution < 1.29 is 14.7 Å². The summed E-state index contributed by atoms with van der Waals surface area (Å²) in [5.74, 6) is -1.22. The summed E-state index contributed by atoms with van der Waals surface area (Å²) in [6.07, 6.45) is 0. The van der Waals surface area contributed by atoms with E-state index in [1.54, 1.807) is 25.5 Å². The SMILES string of the molecule is CC1=NC2=C(O)c3c(nc(C)n3C)C(=O)C2C(=O)N1. The molecule has 1 unspecified atom stereocenters. The third-order valence-corrected chi connectivity index (χ3v) is 3.41. The fourth-order valence-corrected chi connectivity index (χ4v) is 2.39. The number of aryl methyl sites for hydroxylation is 1. The maximum Gasteiger partial charge on any atom is 0.242 e. The molecule has 2 heterocycles. The molecular formula is C12H12N4O3. The van der Waals surface area contributed by atoms with Gasteiger partial charge in [0.25, 0.3) is 0 Å². The highest BCUT2D eigenvalue weighted by molar-refractivity contribution is 6.20. The molecule has 0 saturated heterocycles. The van der Waals surface area contributed by atoms with Crippen molar-refractivity contribution in [1.29, 1.82) is 0 Å². The standard InChI is InChI=1S/C12H12N4O3/c1-4-13-7-6(12(19)14-4)10(17)8-9(11(7)18)16(3)5(2)15-8/h6,18H,1-3H3,(H,13,14,19). The first kappa shape index (κ1) is 11.6. The van der Waals surface area contributed by atoms with Crippen LogP contribution in [-0.2, 0) is 11.8 Å². The molecule has 7 heteroatoms. The molecule has 1 amide bonds. The average Bonchev–Trinajstić information content (AvgIpc) is 2.63. The molecule has 1 atom stereocenters. The number of rotatable bonds is 0. The summed E-state index contributed by atoms with van der Waals surface area (Å²) in [6, 6.07) is 0. The Hall–Kier alpha value is -2.44. The molecular weight excluding hydrogens is 248 g/mol. The average molecular weight is 260 g/mol. The number of imidazole rings is 1. The largest absolute Gasteiger partial charge is 0.504 e. The van der Waals surface area contributed by atoms with Crippen LogP contribution in [0.2, 0.25) is 0 Å². The Morgan fingerprint density at radius 2 is 2.00 bits per heavy atom. The molecule has 2 aliphatic rings. The number of aliphatic imine (C=N–C) groups is 1. The minimum atomic E-state index is -1.11. The number of amidine groups is 1. The van der Waals surface area contributed by atoms with Crippen LogP contribution in [0, 0.1) is 12.8 Å². The van der Waals surface area contributed by atoms with Gasteiger partial charge < -0.3 is 15.0 Å². The lowest BCUT2D eigenvalue weighted by atomic mass is 9.88. The fourth-order valence-electron chi connectivity index (χ4n) is 2.39. The summed E-state index contributed by atoms with van der Waals surface area (Å²) in [5, 5.41) is 12.8. The van der Waals surface area contributed by atoms with E-state index >= 15 is 0 Å². The predicted octanol–water partition coefficient (Wildman–Crippen LogP) is 0.316. The van der Waals surface area contributed by atoms with Crippen molar-refractivity contribution >= 4 is 23.3 Å². The van der Waals surface area contributed by atoms with E-state index in [1.807, 2.05) is 0 Å². The molecule has 1 aromatic heterocycles. The van der Waals surface area contributed by atoms with Crippen LogP contribution in [0.3, 0.4) is 0 Å². The maximum atomic E-state index is 12.3. The first-order valence-corrected chi connectivity index (χ1v) is 5.79. The number of Topliss-reactive ketones (excluding diaryl/α,β-unsaturated/α-hetero) is 1. The normalized spacial score (nSPS) is 21.8. The maximum absolute atomic E-state index is 12.3. The van der Waals surface area contributed by atoms with Gasteiger partial charge in [-0.3, -0.25) is 9.59 Å². The van der Waals surface area contributed by atoms with Crippen LogP contribution in [0.4, 0.5) is 0 Å². The van der Waals surface area contributed by atoms with E-state index in [0.717, 1.165) is 0 Å². The van der Waals surface area contributed by atoms with Crippen LogP contribution < -0.4 is 5.32 Å². The van der Waals surface area contributed by atoms with E-state index in [4.69, 9.17) is 0 Å². The van der Waals surface area contributed by atoms with Crippen LogP contribution in [-0.4, -0.2) is 32.2 Å². The molecule has 0 spiro atoms. The molecule has 3 rings (SSSR count). The van der Waals surface area contributed by atoms with Gasteiger partial charge in [0.05, 0.1) is 0 Å². The van der Waals surface area contributed by atoms with Crippen molar-refractivity contribution in [3.63, 3.8) is 0 Å². The summed E-state index contributed by atoms with van der Waals surface area (Å²) >= 11 is 0. The van der Waals surface area contributed by atoms with Gasteiger partial charge in [-0.05, 0) is 13.8 Å². The number of hydrogen-bond donors (Lipinski definition) is 2. The number of aromatic nitrogens is 2. The lowest BCUT2D eigenvalue weighted by Gasteiger charge is -2.25. The number of hydrogen-bond acceptors (Lipinski definition) is 5. The molecule has 0 fully saturated rings. The number of amides is 1. The minimum absolute atomic E-state index is 0.0988. The molecule has 1 aliphatic carbocycles. The van der Waals surface area contributed by atoms with Crippen molar-refractivity contribution in [2.24, 2.45) is 18.0 Å². The Labute approximate surface area is 108 Å². The highest BCUT2D eigenvalue weighted by Crippen LogP contribution is 2.35. The van der Waals surface area contributed by atoms with Crippen LogP contribution in [0.1, 0.15) is 28.9 Å². The fraction of sp³-hybridized carbons (Fsp3) is 0.333. The lowest BCUT2D eigenvalue weighted by molar-refractivity contribution is -0.121. The van der Waals surface area contributed by atoms with E-state index in [9.17, 15) is 14.7 Å². The zero-order valence-corrected chi connectivity index (χ0v) is 10.7. The molecule has 0 radical (unpaired) electrons. The second-order valence-corrected chi connectivity index (χ2v) is 4.63. The number of carbonyl (C=O) groups is 2. The van der Waals surface area contributed by atoms with E-state index < -0.39 is 17.6 Å². The smallest absolute Gasteiger partial charge is 0.242 e. The second kappa shape index (κ2) is 3.53. The summed E-state index contributed by atoms with van der Waals surface area (Å²) < 4.78 is 1.61. The first-order valence-electron chi connectivity index (χ1n) is 5.79. The van der Waals surface area contributed by atoms with Gasteiger partial charge in [0.15, 0.2) is 5.76 Å². The summed E-state index contributed by atoms with van der Waals surface area (Å²) in [7, 11) is 1.70. The van der Waals surface area contributed by atoms with E-state index in [0.29, 0.717) is 17.4 Å². The number of fused-ring (bicyclic) bond motifs is 2. The topological polar surface area (TPSA) is 96.6 Å². The van der Waals surface area contributed by atoms with Crippen molar-refractivity contribution in [1.82, 2.24) is 14.9 Å². The van der Waals surface area contributed by atoms with Gasteiger partial charge in [-0.15, -0.1) is 0 Å². The highest BCUT2D eigenvalue weighted by atomic mass is 16.3. The Morgan fingerprint density at radius 3 is 2.68 bits per heavy atom. The Balaban J connectivity index is 2.34. The number of nitrogens with zero attached hydrogens (tertiary/aromatic N) is 3. The molecule has 98 valence electrons. The molecule has 1 aliphatic heterocycles. The van der Waals surface area contributed by atoms with Gasteiger partial charge in [0, 0.05) is 7.05 Å². The Kier molecular flexibility index (Phi) is 2.16. The van der Waals surface area contributed by atoms with Crippen LogP contribution in [0.5, 0.6) is 0 Å². The molecule has 1 aromatic rings. The second-order valence-electron chi connectivity index (χ2n) is 4.63. The van der Waals surface area contributed by atoms with Gasteiger partial charge >= 0.3 is 0 Å². The summed E-state index contributed by atoms with van der Waals surface area (Å²) in [4.78, 5) is 32.4.